The smallest absolute Gasteiger partial charge is 0.407 e. The third kappa shape index (κ3) is 6.92. The minimum absolute atomic E-state index is 0.105. The maximum atomic E-state index is 12.7. The summed E-state index contributed by atoms with van der Waals surface area (Å²) in [6, 6.07) is 6.41. The molecule has 29 heavy (non-hydrogen) atoms. The average molecular weight is 424 g/mol. The van der Waals surface area contributed by atoms with Crippen LogP contribution in [-0.4, -0.2) is 48.5 Å². The highest BCUT2D eigenvalue weighted by Gasteiger charge is 2.29. The van der Waals surface area contributed by atoms with Crippen LogP contribution in [0, 0.1) is 0 Å². The van der Waals surface area contributed by atoms with E-state index in [9.17, 15) is 14.4 Å². The summed E-state index contributed by atoms with van der Waals surface area (Å²) in [6.07, 6.45) is 3.08. The van der Waals surface area contributed by atoms with Crippen LogP contribution in [0.4, 0.5) is 10.5 Å². The van der Waals surface area contributed by atoms with E-state index in [1.165, 1.54) is 4.90 Å². The highest BCUT2D eigenvalue weighted by atomic mass is 35.5. The number of nitrogens with one attached hydrogen (secondary N) is 2. The number of rotatable bonds is 5. The normalized spacial score (nSPS) is 19.2. The van der Waals surface area contributed by atoms with E-state index in [1.54, 1.807) is 31.3 Å². The molecule has 2 unspecified atom stereocenters. The summed E-state index contributed by atoms with van der Waals surface area (Å²) in [5.41, 5.74) is 0.577. The average Bonchev–Trinajstić information content (AvgIpc) is 2.67. The van der Waals surface area contributed by atoms with Crippen LogP contribution in [-0.2, 0) is 9.53 Å². The zero-order valence-electron chi connectivity index (χ0n) is 17.5. The minimum Gasteiger partial charge on any atom is -0.444 e. The van der Waals surface area contributed by atoms with Gasteiger partial charge in [0.15, 0.2) is 0 Å². The highest BCUT2D eigenvalue weighted by molar-refractivity contribution is 6.29. The lowest BCUT2D eigenvalue weighted by molar-refractivity contribution is -0.116. The summed E-state index contributed by atoms with van der Waals surface area (Å²) in [5, 5.41) is 5.92. The minimum atomic E-state index is -0.572. The maximum Gasteiger partial charge on any atom is 0.407 e. The van der Waals surface area contributed by atoms with Crippen LogP contribution in [0.3, 0.4) is 0 Å². The topological polar surface area (TPSA) is 87.7 Å². The molecule has 1 saturated carbocycles. The van der Waals surface area contributed by atoms with Gasteiger partial charge in [0.2, 0.25) is 5.91 Å². The first kappa shape index (κ1) is 23.0. The van der Waals surface area contributed by atoms with Gasteiger partial charge < -0.3 is 20.3 Å². The lowest BCUT2D eigenvalue weighted by atomic mass is 9.90. The highest BCUT2D eigenvalue weighted by Crippen LogP contribution is 2.21. The molecule has 3 amide bonds. The van der Waals surface area contributed by atoms with Gasteiger partial charge in [0, 0.05) is 24.3 Å². The summed E-state index contributed by atoms with van der Waals surface area (Å²) in [7, 11) is 1.63. The summed E-state index contributed by atoms with van der Waals surface area (Å²) in [6.45, 7) is 5.44. The van der Waals surface area contributed by atoms with Crippen molar-refractivity contribution in [2.75, 3.05) is 17.8 Å². The molecule has 1 aliphatic carbocycles. The second kappa shape index (κ2) is 9.96. The fourth-order valence-electron chi connectivity index (χ4n) is 3.26. The number of alkyl halides is 1. The van der Waals surface area contributed by atoms with Crippen LogP contribution in [0.1, 0.15) is 56.8 Å². The van der Waals surface area contributed by atoms with Crippen molar-refractivity contribution in [3.8, 4) is 0 Å². The van der Waals surface area contributed by atoms with Crippen LogP contribution in [0.5, 0.6) is 0 Å². The van der Waals surface area contributed by atoms with Gasteiger partial charge in [0.25, 0.3) is 5.91 Å². The summed E-state index contributed by atoms with van der Waals surface area (Å²) < 4.78 is 5.34. The molecule has 160 valence electrons. The number of ether oxygens (including phenoxy) is 1. The van der Waals surface area contributed by atoms with Gasteiger partial charge in [0.1, 0.15) is 11.5 Å². The van der Waals surface area contributed by atoms with Crippen LogP contribution in [0.25, 0.3) is 0 Å². The van der Waals surface area contributed by atoms with E-state index in [4.69, 9.17) is 16.3 Å². The Labute approximate surface area is 177 Å². The number of halogens is 1. The van der Waals surface area contributed by atoms with Gasteiger partial charge in [-0.2, -0.15) is 0 Å². The quantitative estimate of drug-likeness (QED) is 0.710. The zero-order chi connectivity index (χ0) is 21.6. The van der Waals surface area contributed by atoms with Gasteiger partial charge in [-0.05, 0) is 57.9 Å². The summed E-state index contributed by atoms with van der Waals surface area (Å²) in [5.74, 6) is -0.542. The second-order valence-electron chi connectivity index (χ2n) is 8.25. The monoisotopic (exact) mass is 423 g/mol. The van der Waals surface area contributed by atoms with Crippen LogP contribution < -0.4 is 15.5 Å². The Morgan fingerprint density at radius 2 is 1.62 bits per heavy atom. The summed E-state index contributed by atoms with van der Waals surface area (Å²) in [4.78, 5) is 37.9. The number of carbonyl (C=O) groups excluding carboxylic acids is 3. The first-order valence-corrected chi connectivity index (χ1v) is 10.4. The van der Waals surface area contributed by atoms with E-state index in [2.05, 4.69) is 10.6 Å². The maximum absolute atomic E-state index is 12.7. The Morgan fingerprint density at radius 3 is 2.14 bits per heavy atom. The number of anilines is 1. The zero-order valence-corrected chi connectivity index (χ0v) is 18.2. The third-order valence-corrected chi connectivity index (χ3v) is 5.02. The van der Waals surface area contributed by atoms with Gasteiger partial charge in [-0.3, -0.25) is 9.59 Å². The van der Waals surface area contributed by atoms with E-state index in [0.717, 1.165) is 25.7 Å². The molecular weight excluding hydrogens is 394 g/mol. The Balaban J connectivity index is 2.00. The van der Waals surface area contributed by atoms with Crippen molar-refractivity contribution in [3.05, 3.63) is 29.8 Å². The third-order valence-electron chi connectivity index (χ3n) is 4.79. The predicted octanol–water partition coefficient (Wildman–Crippen LogP) is 3.45. The molecule has 2 atom stereocenters. The van der Waals surface area contributed by atoms with Gasteiger partial charge in [-0.15, -0.1) is 11.6 Å². The molecule has 1 aliphatic rings. The number of hydrogen-bond acceptors (Lipinski definition) is 4. The molecule has 0 aromatic heterocycles. The van der Waals surface area contributed by atoms with Gasteiger partial charge in [-0.25, -0.2) is 4.79 Å². The molecule has 2 rings (SSSR count). The van der Waals surface area contributed by atoms with Gasteiger partial charge in [0.05, 0.1) is 6.04 Å². The molecule has 1 aromatic rings. The van der Waals surface area contributed by atoms with E-state index in [-0.39, 0.29) is 29.8 Å². The number of hydrogen-bond donors (Lipinski definition) is 2. The Morgan fingerprint density at radius 1 is 1.07 bits per heavy atom. The SMILES string of the molecule is CN(C(=O)CCl)c1ccc(C(=O)NC2CCCCC2NC(=O)OC(C)(C)C)cc1. The number of carbonyl (C=O) groups is 3. The molecule has 0 aliphatic heterocycles. The molecule has 7 nitrogen and oxygen atoms in total. The van der Waals surface area contributed by atoms with Crippen molar-refractivity contribution >= 4 is 35.2 Å². The lowest BCUT2D eigenvalue weighted by Gasteiger charge is -2.33. The number of amides is 3. The first-order chi connectivity index (χ1) is 13.6. The van der Waals surface area contributed by atoms with Crippen molar-refractivity contribution in [1.82, 2.24) is 10.6 Å². The molecule has 1 fully saturated rings. The fraction of sp³-hybridized carbons (Fsp3) is 0.571. The molecule has 1 aromatic carbocycles. The standard InChI is InChI=1S/C21H30ClN3O4/c1-21(2,3)29-20(28)24-17-8-6-5-7-16(17)23-19(27)14-9-11-15(12-10-14)25(4)18(26)13-22/h9-12,16-17H,5-8,13H2,1-4H3,(H,23,27)(H,24,28). The van der Waals surface area contributed by atoms with Gasteiger partial charge >= 0.3 is 6.09 Å². The molecule has 0 heterocycles. The van der Waals surface area contributed by atoms with Crippen molar-refractivity contribution < 1.29 is 19.1 Å². The Bertz CT molecular complexity index is 730. The van der Waals surface area contributed by atoms with Crippen LogP contribution in [0.15, 0.2) is 24.3 Å². The molecule has 0 radical (unpaired) electrons. The first-order valence-electron chi connectivity index (χ1n) is 9.83. The molecule has 2 N–H and O–H groups in total. The number of alkyl carbamates (subject to hydrolysis) is 1. The van der Waals surface area contributed by atoms with Crippen molar-refractivity contribution in [1.29, 1.82) is 0 Å². The second-order valence-corrected chi connectivity index (χ2v) is 8.52. The van der Waals surface area contributed by atoms with E-state index >= 15 is 0 Å². The molecular formula is C21H30ClN3O4. The van der Waals surface area contributed by atoms with E-state index < -0.39 is 11.7 Å². The van der Waals surface area contributed by atoms with E-state index in [1.807, 2.05) is 20.8 Å². The van der Waals surface area contributed by atoms with Crippen molar-refractivity contribution in [2.24, 2.45) is 0 Å². The Hall–Kier alpha value is -2.28. The number of benzene rings is 1. The van der Waals surface area contributed by atoms with Crippen LogP contribution in [0.2, 0.25) is 0 Å². The molecule has 0 spiro atoms. The Kier molecular flexibility index (Phi) is 7.90. The largest absolute Gasteiger partial charge is 0.444 e. The van der Waals surface area contributed by atoms with E-state index in [0.29, 0.717) is 11.3 Å². The molecule has 0 saturated heterocycles. The number of nitrogens with zero attached hydrogens (tertiary/aromatic N) is 1. The summed E-state index contributed by atoms with van der Waals surface area (Å²) >= 11 is 5.58. The fourth-order valence-corrected chi connectivity index (χ4v) is 3.44. The molecule has 8 heteroatoms. The van der Waals surface area contributed by atoms with Crippen molar-refractivity contribution in [2.45, 2.75) is 64.1 Å². The predicted molar refractivity (Wildman–Crippen MR) is 113 cm³/mol. The van der Waals surface area contributed by atoms with Gasteiger partial charge in [-0.1, -0.05) is 12.8 Å². The van der Waals surface area contributed by atoms with Crippen molar-refractivity contribution in [3.63, 3.8) is 0 Å². The molecule has 0 bridgehead atoms. The van der Waals surface area contributed by atoms with Crippen LogP contribution >= 0.6 is 11.6 Å². The lowest BCUT2D eigenvalue weighted by Crippen LogP contribution is -2.53.